The highest BCUT2D eigenvalue weighted by atomic mass is 32.2. The fourth-order valence-electron chi connectivity index (χ4n) is 1.23. The van der Waals surface area contributed by atoms with Crippen molar-refractivity contribution >= 4 is 17.7 Å². The van der Waals surface area contributed by atoms with Crippen LogP contribution < -0.4 is 5.73 Å². The molecule has 0 saturated heterocycles. The van der Waals surface area contributed by atoms with Gasteiger partial charge in [-0.3, -0.25) is 9.48 Å². The Morgan fingerprint density at radius 3 is 3.00 bits per heavy atom. The molecular weight excluding hydrogens is 226 g/mol. The van der Waals surface area contributed by atoms with Crippen molar-refractivity contribution in [3.05, 3.63) is 18.0 Å². The standard InChI is InChI=1S/C10H17N3O2S/c1-13-7-8(6-12-13)2-4-16-5-3-9(11)10(14)15/h6-7,9H,2-5,11H2,1H3,(H,14,15). The average molecular weight is 243 g/mol. The van der Waals surface area contributed by atoms with Crippen LogP contribution in [0, 0.1) is 0 Å². The second kappa shape index (κ2) is 6.55. The number of rotatable bonds is 7. The summed E-state index contributed by atoms with van der Waals surface area (Å²) in [6.45, 7) is 0. The molecule has 0 spiro atoms. The Kier molecular flexibility index (Phi) is 5.34. The second-order valence-corrected chi connectivity index (χ2v) is 4.84. The normalized spacial score (nSPS) is 12.6. The molecule has 0 aliphatic heterocycles. The lowest BCUT2D eigenvalue weighted by atomic mass is 10.2. The van der Waals surface area contributed by atoms with Crippen LogP contribution in [0.2, 0.25) is 0 Å². The predicted octanol–water partition coefficient (Wildman–Crippen LogP) is 0.498. The number of thioether (sulfide) groups is 1. The minimum absolute atomic E-state index is 0.521. The first kappa shape index (κ1) is 13.1. The van der Waals surface area contributed by atoms with Crippen molar-refractivity contribution in [3.63, 3.8) is 0 Å². The summed E-state index contributed by atoms with van der Waals surface area (Å²) in [6.07, 6.45) is 5.32. The highest BCUT2D eigenvalue weighted by Crippen LogP contribution is 2.08. The topological polar surface area (TPSA) is 81.1 Å². The molecule has 5 nitrogen and oxygen atoms in total. The van der Waals surface area contributed by atoms with Gasteiger partial charge in [-0.1, -0.05) is 0 Å². The third-order valence-electron chi connectivity index (χ3n) is 2.18. The lowest BCUT2D eigenvalue weighted by Gasteiger charge is -2.05. The second-order valence-electron chi connectivity index (χ2n) is 3.62. The van der Waals surface area contributed by atoms with Crippen molar-refractivity contribution in [1.82, 2.24) is 9.78 Å². The Balaban J connectivity index is 2.06. The van der Waals surface area contributed by atoms with Gasteiger partial charge in [-0.25, -0.2) is 0 Å². The fourth-order valence-corrected chi connectivity index (χ4v) is 2.23. The van der Waals surface area contributed by atoms with Crippen molar-refractivity contribution in [2.24, 2.45) is 12.8 Å². The van der Waals surface area contributed by atoms with Gasteiger partial charge in [-0.05, 0) is 29.9 Å². The molecule has 0 fully saturated rings. The number of aliphatic carboxylic acids is 1. The minimum Gasteiger partial charge on any atom is -0.480 e. The number of carbonyl (C=O) groups is 1. The molecule has 0 aliphatic rings. The summed E-state index contributed by atoms with van der Waals surface area (Å²) < 4.78 is 1.78. The van der Waals surface area contributed by atoms with Gasteiger partial charge >= 0.3 is 5.97 Å². The number of carboxylic acids is 1. The lowest BCUT2D eigenvalue weighted by Crippen LogP contribution is -2.30. The molecule has 1 unspecified atom stereocenters. The van der Waals surface area contributed by atoms with E-state index in [1.807, 2.05) is 19.4 Å². The van der Waals surface area contributed by atoms with Crippen LogP contribution in [0.15, 0.2) is 12.4 Å². The molecule has 16 heavy (non-hydrogen) atoms. The molecule has 1 rings (SSSR count). The van der Waals surface area contributed by atoms with Gasteiger partial charge in [0.25, 0.3) is 0 Å². The molecule has 90 valence electrons. The summed E-state index contributed by atoms with van der Waals surface area (Å²) in [7, 11) is 1.89. The van der Waals surface area contributed by atoms with E-state index in [-0.39, 0.29) is 0 Å². The summed E-state index contributed by atoms with van der Waals surface area (Å²) >= 11 is 1.72. The molecule has 1 aromatic heterocycles. The van der Waals surface area contributed by atoms with Crippen LogP contribution in [0.5, 0.6) is 0 Å². The van der Waals surface area contributed by atoms with Crippen LogP contribution in [0.1, 0.15) is 12.0 Å². The van der Waals surface area contributed by atoms with E-state index < -0.39 is 12.0 Å². The molecule has 1 heterocycles. The molecule has 0 aliphatic carbocycles. The van der Waals surface area contributed by atoms with Gasteiger partial charge in [0, 0.05) is 13.2 Å². The van der Waals surface area contributed by atoms with Gasteiger partial charge in [0.2, 0.25) is 0 Å². The van der Waals surface area contributed by atoms with Gasteiger partial charge in [-0.15, -0.1) is 0 Å². The summed E-state index contributed by atoms with van der Waals surface area (Å²) in [6, 6.07) is -0.731. The molecular formula is C10H17N3O2S. The highest BCUT2D eigenvalue weighted by Gasteiger charge is 2.10. The Bertz CT molecular complexity index is 341. The average Bonchev–Trinajstić information content (AvgIpc) is 2.63. The Hall–Kier alpha value is -1.01. The predicted molar refractivity (Wildman–Crippen MR) is 64.5 cm³/mol. The molecule has 6 heteroatoms. The Morgan fingerprint density at radius 1 is 1.69 bits per heavy atom. The van der Waals surface area contributed by atoms with Crippen LogP contribution in [0.3, 0.4) is 0 Å². The van der Waals surface area contributed by atoms with Crippen LogP contribution in [-0.2, 0) is 18.3 Å². The summed E-state index contributed by atoms with van der Waals surface area (Å²) in [5.74, 6) is 0.832. The number of hydrogen-bond donors (Lipinski definition) is 2. The minimum atomic E-state index is -0.923. The van der Waals surface area contributed by atoms with Crippen molar-refractivity contribution in [2.45, 2.75) is 18.9 Å². The third-order valence-corrected chi connectivity index (χ3v) is 3.20. The molecule has 0 bridgehead atoms. The maximum absolute atomic E-state index is 10.4. The number of aromatic nitrogens is 2. The van der Waals surface area contributed by atoms with Crippen molar-refractivity contribution < 1.29 is 9.90 Å². The number of nitrogens with zero attached hydrogens (tertiary/aromatic N) is 2. The van der Waals surface area contributed by atoms with Gasteiger partial charge in [0.05, 0.1) is 6.20 Å². The van der Waals surface area contributed by atoms with Gasteiger partial charge < -0.3 is 10.8 Å². The zero-order chi connectivity index (χ0) is 12.0. The number of carboxylic acid groups (broad SMARTS) is 1. The zero-order valence-corrected chi connectivity index (χ0v) is 10.1. The number of aryl methyl sites for hydroxylation is 2. The quantitative estimate of drug-likeness (QED) is 0.681. The maximum atomic E-state index is 10.4. The van der Waals surface area contributed by atoms with Gasteiger partial charge in [0.1, 0.15) is 6.04 Å². The van der Waals surface area contributed by atoms with E-state index in [0.717, 1.165) is 17.9 Å². The first-order valence-electron chi connectivity index (χ1n) is 5.13. The van der Waals surface area contributed by atoms with E-state index in [2.05, 4.69) is 5.10 Å². The lowest BCUT2D eigenvalue weighted by molar-refractivity contribution is -0.138. The van der Waals surface area contributed by atoms with Crippen LogP contribution in [0.4, 0.5) is 0 Å². The smallest absolute Gasteiger partial charge is 0.320 e. The van der Waals surface area contributed by atoms with Gasteiger partial charge in [-0.2, -0.15) is 16.9 Å². The van der Waals surface area contributed by atoms with Gasteiger partial charge in [0.15, 0.2) is 0 Å². The highest BCUT2D eigenvalue weighted by molar-refractivity contribution is 7.99. The monoisotopic (exact) mass is 243 g/mol. The maximum Gasteiger partial charge on any atom is 0.320 e. The number of nitrogens with two attached hydrogens (primary N) is 1. The summed E-state index contributed by atoms with van der Waals surface area (Å²) in [5, 5.41) is 12.7. The van der Waals surface area contributed by atoms with E-state index in [1.54, 1.807) is 16.4 Å². The third kappa shape index (κ3) is 4.67. The molecule has 0 aromatic carbocycles. The molecule has 3 N–H and O–H groups in total. The van der Waals surface area contributed by atoms with E-state index >= 15 is 0 Å². The zero-order valence-electron chi connectivity index (χ0n) is 9.30. The first-order chi connectivity index (χ1) is 7.59. The molecule has 1 atom stereocenters. The molecule has 1 aromatic rings. The van der Waals surface area contributed by atoms with Crippen LogP contribution >= 0.6 is 11.8 Å². The molecule has 0 radical (unpaired) electrons. The summed E-state index contributed by atoms with van der Waals surface area (Å²) in [4.78, 5) is 10.4. The number of hydrogen-bond acceptors (Lipinski definition) is 4. The van der Waals surface area contributed by atoms with E-state index in [0.29, 0.717) is 6.42 Å². The van der Waals surface area contributed by atoms with Crippen molar-refractivity contribution in [3.8, 4) is 0 Å². The molecule has 0 amide bonds. The van der Waals surface area contributed by atoms with Crippen molar-refractivity contribution in [1.29, 1.82) is 0 Å². The van der Waals surface area contributed by atoms with E-state index in [9.17, 15) is 4.79 Å². The van der Waals surface area contributed by atoms with Crippen LogP contribution in [-0.4, -0.2) is 38.4 Å². The summed E-state index contributed by atoms with van der Waals surface area (Å²) in [5.41, 5.74) is 6.59. The SMILES string of the molecule is Cn1cc(CCSCCC(N)C(=O)O)cn1. The first-order valence-corrected chi connectivity index (χ1v) is 6.28. The Morgan fingerprint density at radius 2 is 2.44 bits per heavy atom. The van der Waals surface area contributed by atoms with E-state index in [4.69, 9.17) is 10.8 Å². The van der Waals surface area contributed by atoms with Crippen molar-refractivity contribution in [2.75, 3.05) is 11.5 Å². The largest absolute Gasteiger partial charge is 0.480 e. The van der Waals surface area contributed by atoms with Crippen LogP contribution in [0.25, 0.3) is 0 Å². The Labute approximate surface area is 99.0 Å². The van der Waals surface area contributed by atoms with E-state index in [1.165, 1.54) is 5.56 Å². The fraction of sp³-hybridized carbons (Fsp3) is 0.600. The molecule has 0 saturated carbocycles.